The molecule has 33 heavy (non-hydrogen) atoms. The lowest BCUT2D eigenvalue weighted by molar-refractivity contribution is 0.630. The summed E-state index contributed by atoms with van der Waals surface area (Å²) >= 11 is 4.48. The number of anilines is 2. The Hall–Kier alpha value is -3.00. The number of nitrogen functional groups attached to an aromatic ring is 2. The zero-order chi connectivity index (χ0) is 23.3. The van der Waals surface area contributed by atoms with Gasteiger partial charge in [-0.25, -0.2) is 8.78 Å². The standard InChI is InChI=1S/C26H20F2N2S3/c1-13-3-5-15(17(27)11-13)19-7-9-21(31-19)25-23(29)24(30)26(33-25)22-10-8-20(32-22)16-6-4-14(2)12-18(16)28/h3-12H,29-30H2,1-2H3. The smallest absolute Gasteiger partial charge is 0.132 e. The Morgan fingerprint density at radius 2 is 0.939 bits per heavy atom. The summed E-state index contributed by atoms with van der Waals surface area (Å²) in [6.07, 6.45) is 0. The molecule has 0 bridgehead atoms. The molecule has 166 valence electrons. The first-order chi connectivity index (χ1) is 15.8. The highest BCUT2D eigenvalue weighted by Crippen LogP contribution is 2.51. The average Bonchev–Trinajstić information content (AvgIpc) is 3.49. The quantitative estimate of drug-likeness (QED) is 0.263. The second-order valence-electron chi connectivity index (χ2n) is 7.88. The first-order valence-corrected chi connectivity index (χ1v) is 12.7. The molecule has 0 saturated heterocycles. The second kappa shape index (κ2) is 8.41. The van der Waals surface area contributed by atoms with Gasteiger partial charge in [0, 0.05) is 30.6 Å². The predicted molar refractivity (Wildman–Crippen MR) is 140 cm³/mol. The molecule has 5 aromatic rings. The lowest BCUT2D eigenvalue weighted by Gasteiger charge is -2.01. The zero-order valence-corrected chi connectivity index (χ0v) is 20.4. The van der Waals surface area contributed by atoms with Crippen molar-refractivity contribution in [3.63, 3.8) is 0 Å². The van der Waals surface area contributed by atoms with Crippen LogP contribution in [-0.2, 0) is 0 Å². The number of benzene rings is 2. The van der Waals surface area contributed by atoms with Crippen molar-refractivity contribution >= 4 is 45.4 Å². The van der Waals surface area contributed by atoms with Crippen LogP contribution in [0.3, 0.4) is 0 Å². The van der Waals surface area contributed by atoms with Crippen LogP contribution < -0.4 is 11.5 Å². The molecule has 4 N–H and O–H groups in total. The van der Waals surface area contributed by atoms with Gasteiger partial charge < -0.3 is 11.5 Å². The molecule has 2 aromatic carbocycles. The number of nitrogens with two attached hydrogens (primary N) is 2. The minimum absolute atomic E-state index is 0.239. The van der Waals surface area contributed by atoms with Crippen LogP contribution in [0.5, 0.6) is 0 Å². The van der Waals surface area contributed by atoms with E-state index in [1.807, 2.05) is 50.2 Å². The highest BCUT2D eigenvalue weighted by atomic mass is 32.1. The molecule has 0 aliphatic rings. The van der Waals surface area contributed by atoms with E-state index in [1.165, 1.54) is 46.1 Å². The first-order valence-electron chi connectivity index (χ1n) is 10.2. The molecule has 0 radical (unpaired) electrons. The molecule has 3 aromatic heterocycles. The summed E-state index contributed by atoms with van der Waals surface area (Å²) in [6, 6.07) is 18.2. The third kappa shape index (κ3) is 3.97. The van der Waals surface area contributed by atoms with Crippen LogP contribution in [0.25, 0.3) is 40.4 Å². The molecule has 0 amide bonds. The Kier molecular flexibility index (Phi) is 5.56. The summed E-state index contributed by atoms with van der Waals surface area (Å²) in [7, 11) is 0. The number of thiophene rings is 3. The molecule has 0 aliphatic carbocycles. The van der Waals surface area contributed by atoms with Crippen LogP contribution in [0.4, 0.5) is 20.2 Å². The summed E-state index contributed by atoms with van der Waals surface area (Å²) in [5, 5.41) is 0. The molecule has 0 atom stereocenters. The van der Waals surface area contributed by atoms with E-state index >= 15 is 0 Å². The van der Waals surface area contributed by atoms with Crippen molar-refractivity contribution in [2.75, 3.05) is 11.5 Å². The summed E-state index contributed by atoms with van der Waals surface area (Å²) in [6.45, 7) is 3.74. The summed E-state index contributed by atoms with van der Waals surface area (Å²) in [4.78, 5) is 5.27. The molecular formula is C26H20F2N2S3. The van der Waals surface area contributed by atoms with E-state index in [1.54, 1.807) is 12.1 Å². The molecule has 0 saturated carbocycles. The van der Waals surface area contributed by atoms with Crippen molar-refractivity contribution in [2.45, 2.75) is 13.8 Å². The fourth-order valence-electron chi connectivity index (χ4n) is 3.67. The van der Waals surface area contributed by atoms with Crippen LogP contribution in [0.1, 0.15) is 11.1 Å². The molecular weight excluding hydrogens is 474 g/mol. The molecule has 0 spiro atoms. The first kappa shape index (κ1) is 21.8. The highest BCUT2D eigenvalue weighted by molar-refractivity contribution is 7.28. The van der Waals surface area contributed by atoms with E-state index in [2.05, 4.69) is 0 Å². The fourth-order valence-corrected chi connectivity index (χ4v) is 7.13. The maximum Gasteiger partial charge on any atom is 0.132 e. The van der Waals surface area contributed by atoms with Crippen molar-refractivity contribution in [3.8, 4) is 40.4 Å². The van der Waals surface area contributed by atoms with Gasteiger partial charge in [-0.1, -0.05) is 24.3 Å². The van der Waals surface area contributed by atoms with E-state index < -0.39 is 0 Å². The van der Waals surface area contributed by atoms with Crippen LogP contribution in [0.15, 0.2) is 60.7 Å². The van der Waals surface area contributed by atoms with Crippen LogP contribution in [-0.4, -0.2) is 0 Å². The Morgan fingerprint density at radius 3 is 1.33 bits per heavy atom. The Balaban J connectivity index is 1.51. The van der Waals surface area contributed by atoms with E-state index in [4.69, 9.17) is 11.5 Å². The third-order valence-corrected chi connectivity index (χ3v) is 9.24. The van der Waals surface area contributed by atoms with Crippen molar-refractivity contribution < 1.29 is 8.78 Å². The number of aryl methyl sites for hydroxylation is 2. The van der Waals surface area contributed by atoms with Gasteiger partial charge in [-0.3, -0.25) is 0 Å². The van der Waals surface area contributed by atoms with Gasteiger partial charge in [0.05, 0.1) is 21.1 Å². The molecule has 7 heteroatoms. The number of rotatable bonds is 4. The van der Waals surface area contributed by atoms with Gasteiger partial charge >= 0.3 is 0 Å². The fraction of sp³-hybridized carbons (Fsp3) is 0.0769. The summed E-state index contributed by atoms with van der Waals surface area (Å²) in [5.41, 5.74) is 16.7. The van der Waals surface area contributed by atoms with Crippen LogP contribution in [0, 0.1) is 25.5 Å². The van der Waals surface area contributed by atoms with Crippen LogP contribution in [0.2, 0.25) is 0 Å². The SMILES string of the molecule is Cc1ccc(-c2ccc(-c3sc(-c4ccc(-c5ccc(C)cc5F)s4)c(N)c3N)s2)c(F)c1. The van der Waals surface area contributed by atoms with Crippen LogP contribution >= 0.6 is 34.0 Å². The minimum Gasteiger partial charge on any atom is -0.396 e. The molecule has 0 aliphatic heterocycles. The predicted octanol–water partition coefficient (Wildman–Crippen LogP) is 8.60. The monoisotopic (exact) mass is 494 g/mol. The summed E-state index contributed by atoms with van der Waals surface area (Å²) < 4.78 is 28.9. The number of hydrogen-bond donors (Lipinski definition) is 2. The van der Waals surface area contributed by atoms with Gasteiger partial charge in [0.25, 0.3) is 0 Å². The largest absolute Gasteiger partial charge is 0.396 e. The van der Waals surface area contributed by atoms with Gasteiger partial charge in [0.1, 0.15) is 11.6 Å². The van der Waals surface area contributed by atoms with Gasteiger partial charge in [-0.2, -0.15) is 0 Å². The zero-order valence-electron chi connectivity index (χ0n) is 17.9. The molecule has 3 heterocycles. The van der Waals surface area contributed by atoms with E-state index in [9.17, 15) is 8.78 Å². The molecule has 0 fully saturated rings. The van der Waals surface area contributed by atoms with Gasteiger partial charge in [0.15, 0.2) is 0 Å². The van der Waals surface area contributed by atoms with Crippen molar-refractivity contribution in [1.29, 1.82) is 0 Å². The number of hydrogen-bond acceptors (Lipinski definition) is 5. The lowest BCUT2D eigenvalue weighted by Crippen LogP contribution is -1.91. The van der Waals surface area contributed by atoms with Gasteiger partial charge in [0.2, 0.25) is 0 Å². The Bertz CT molecular complexity index is 1380. The molecule has 5 rings (SSSR count). The topological polar surface area (TPSA) is 52.0 Å². The average molecular weight is 495 g/mol. The molecule has 2 nitrogen and oxygen atoms in total. The maximum absolute atomic E-state index is 14.4. The maximum atomic E-state index is 14.4. The van der Waals surface area contributed by atoms with Gasteiger partial charge in [-0.15, -0.1) is 34.0 Å². The van der Waals surface area contributed by atoms with Crippen molar-refractivity contribution in [2.24, 2.45) is 0 Å². The van der Waals surface area contributed by atoms with E-state index in [-0.39, 0.29) is 11.6 Å². The number of halogens is 2. The highest BCUT2D eigenvalue weighted by Gasteiger charge is 2.20. The second-order valence-corrected chi connectivity index (χ2v) is 11.1. The Morgan fingerprint density at radius 1 is 0.545 bits per heavy atom. The van der Waals surface area contributed by atoms with Gasteiger partial charge in [-0.05, 0) is 61.4 Å². The normalized spacial score (nSPS) is 11.3. The molecule has 0 unspecified atom stereocenters. The minimum atomic E-state index is -0.239. The van der Waals surface area contributed by atoms with E-state index in [0.717, 1.165) is 40.4 Å². The lowest BCUT2D eigenvalue weighted by atomic mass is 10.1. The summed E-state index contributed by atoms with van der Waals surface area (Å²) in [5.74, 6) is -0.477. The van der Waals surface area contributed by atoms with E-state index in [0.29, 0.717) is 22.5 Å². The van der Waals surface area contributed by atoms with Crippen molar-refractivity contribution in [1.82, 2.24) is 0 Å². The van der Waals surface area contributed by atoms with Crippen molar-refractivity contribution in [3.05, 3.63) is 83.4 Å². The Labute approximate surface area is 202 Å². The third-order valence-electron chi connectivity index (χ3n) is 5.42.